The second-order valence-electron chi connectivity index (χ2n) is 17.0. The molecule has 0 spiro atoms. The van der Waals surface area contributed by atoms with Gasteiger partial charge in [-0.1, -0.05) is 149 Å². The maximum Gasteiger partial charge on any atom is 0.168 e. The fourth-order valence-corrected chi connectivity index (χ4v) is 6.79. The molecule has 0 aliphatic carbocycles. The van der Waals surface area contributed by atoms with Gasteiger partial charge in [-0.15, -0.1) is 10.2 Å². The first-order valence-electron chi connectivity index (χ1n) is 16.7. The van der Waals surface area contributed by atoms with Gasteiger partial charge in [0.15, 0.2) is 5.82 Å². The molecule has 0 N–H and O–H groups in total. The summed E-state index contributed by atoms with van der Waals surface area (Å²) in [5.74, 6) is 1.86. The number of hydrogen-bond acceptors (Lipinski definition) is 2. The molecule has 4 aromatic carbocycles. The van der Waals surface area contributed by atoms with Crippen LogP contribution in [0.15, 0.2) is 91.0 Å². The van der Waals surface area contributed by atoms with Crippen molar-refractivity contribution in [3.05, 3.63) is 114 Å². The maximum absolute atomic E-state index is 4.93. The lowest BCUT2D eigenvalue weighted by Crippen LogP contribution is -2.28. The maximum atomic E-state index is 4.93. The summed E-state index contributed by atoms with van der Waals surface area (Å²) in [6, 6.07) is 33.5. The van der Waals surface area contributed by atoms with Gasteiger partial charge in [-0.2, -0.15) is 0 Å². The van der Waals surface area contributed by atoms with Crippen LogP contribution in [0.5, 0.6) is 0 Å². The minimum atomic E-state index is -0.197. The van der Waals surface area contributed by atoms with Gasteiger partial charge in [0, 0.05) is 11.0 Å². The second kappa shape index (κ2) is 12.0. The normalized spacial score (nSPS) is 12.9. The SMILES string of the molecule is Cc1cc(-c2ccc(C(C)(C)C)cc2)ccc1-n1c(-c2cccc(-c3ccc(C(C)(C)C)cc3)c2)nnc1C(C)(C)CC(C)(C)C. The molecular weight excluding hydrogens is 558 g/mol. The van der Waals surface area contributed by atoms with Crippen LogP contribution in [-0.2, 0) is 16.2 Å². The summed E-state index contributed by atoms with van der Waals surface area (Å²) in [6.07, 6.45) is 0.982. The summed E-state index contributed by atoms with van der Waals surface area (Å²) >= 11 is 0. The molecule has 0 fully saturated rings. The zero-order valence-electron chi connectivity index (χ0n) is 30.2. The Balaban J connectivity index is 1.62. The summed E-state index contributed by atoms with van der Waals surface area (Å²) in [6.45, 7) is 27.3. The fraction of sp³-hybridized carbons (Fsp3) is 0.395. The molecule has 3 nitrogen and oxygen atoms in total. The van der Waals surface area contributed by atoms with Crippen molar-refractivity contribution in [2.45, 2.75) is 106 Å². The van der Waals surface area contributed by atoms with E-state index in [1.165, 1.54) is 38.9 Å². The highest BCUT2D eigenvalue weighted by Gasteiger charge is 2.34. The first-order chi connectivity index (χ1) is 21.3. The Labute approximate surface area is 278 Å². The van der Waals surface area contributed by atoms with Crippen molar-refractivity contribution >= 4 is 0 Å². The summed E-state index contributed by atoms with van der Waals surface area (Å²) in [7, 11) is 0. The number of benzene rings is 4. The number of rotatable bonds is 6. The fourth-order valence-electron chi connectivity index (χ4n) is 6.79. The highest BCUT2D eigenvalue weighted by Crippen LogP contribution is 2.39. The summed E-state index contributed by atoms with van der Waals surface area (Å²) in [5, 5.41) is 9.84. The van der Waals surface area contributed by atoms with E-state index in [0.29, 0.717) is 0 Å². The smallest absolute Gasteiger partial charge is 0.168 e. The molecule has 240 valence electrons. The highest BCUT2D eigenvalue weighted by molar-refractivity contribution is 5.73. The molecule has 0 atom stereocenters. The van der Waals surface area contributed by atoms with E-state index in [1.54, 1.807) is 0 Å². The first-order valence-corrected chi connectivity index (χ1v) is 16.7. The van der Waals surface area contributed by atoms with Gasteiger partial charge in [0.1, 0.15) is 5.82 Å². The van der Waals surface area contributed by atoms with Gasteiger partial charge >= 0.3 is 0 Å². The monoisotopic (exact) mass is 611 g/mol. The molecule has 5 rings (SSSR count). The van der Waals surface area contributed by atoms with Crippen LogP contribution in [0.3, 0.4) is 0 Å². The molecule has 3 heteroatoms. The van der Waals surface area contributed by atoms with Gasteiger partial charge in [-0.25, -0.2) is 0 Å². The lowest BCUT2D eigenvalue weighted by molar-refractivity contribution is 0.272. The molecule has 0 unspecified atom stereocenters. The highest BCUT2D eigenvalue weighted by atomic mass is 15.3. The predicted octanol–water partition coefficient (Wildman–Crippen LogP) is 11.9. The minimum Gasteiger partial charge on any atom is -0.278 e. The van der Waals surface area contributed by atoms with E-state index in [2.05, 4.69) is 179 Å². The van der Waals surface area contributed by atoms with Gasteiger partial charge < -0.3 is 0 Å². The van der Waals surface area contributed by atoms with E-state index in [0.717, 1.165) is 29.3 Å². The third kappa shape index (κ3) is 7.20. The van der Waals surface area contributed by atoms with E-state index in [1.807, 2.05) is 0 Å². The van der Waals surface area contributed by atoms with Gasteiger partial charge in [-0.05, 0) is 86.7 Å². The Hall–Kier alpha value is -3.98. The van der Waals surface area contributed by atoms with Gasteiger partial charge in [0.05, 0.1) is 5.69 Å². The molecule has 0 saturated heterocycles. The van der Waals surface area contributed by atoms with Crippen molar-refractivity contribution in [3.63, 3.8) is 0 Å². The van der Waals surface area contributed by atoms with Crippen molar-refractivity contribution in [2.75, 3.05) is 0 Å². The Morgan fingerprint density at radius 1 is 0.522 bits per heavy atom. The Morgan fingerprint density at radius 3 is 1.48 bits per heavy atom. The van der Waals surface area contributed by atoms with E-state index in [9.17, 15) is 0 Å². The van der Waals surface area contributed by atoms with Crippen molar-refractivity contribution < 1.29 is 0 Å². The standard InChI is InChI=1S/C43H53N3/c1-29-26-33(31-18-23-36(24-19-31)42(8,9)10)20-25-37(29)46-38(44-45-39(46)43(11,12)28-40(2,3)4)34-15-13-14-32(27-34)30-16-21-35(22-17-30)41(5,6)7/h13-27H,28H2,1-12H3. The van der Waals surface area contributed by atoms with E-state index >= 15 is 0 Å². The van der Waals surface area contributed by atoms with Gasteiger partial charge in [0.25, 0.3) is 0 Å². The third-order valence-electron chi connectivity index (χ3n) is 8.97. The molecule has 0 aliphatic rings. The van der Waals surface area contributed by atoms with Crippen LogP contribution < -0.4 is 0 Å². The lowest BCUT2D eigenvalue weighted by Gasteiger charge is -2.32. The number of nitrogens with zero attached hydrogens (tertiary/aromatic N) is 3. The zero-order chi connectivity index (χ0) is 33.7. The summed E-state index contributed by atoms with van der Waals surface area (Å²) in [5.41, 5.74) is 11.1. The summed E-state index contributed by atoms with van der Waals surface area (Å²) in [4.78, 5) is 0. The average Bonchev–Trinajstić information content (AvgIpc) is 3.41. The van der Waals surface area contributed by atoms with Crippen LogP contribution in [0.4, 0.5) is 0 Å². The number of aromatic nitrogens is 3. The molecule has 0 radical (unpaired) electrons. The van der Waals surface area contributed by atoms with Crippen LogP contribution in [0.1, 0.15) is 105 Å². The quantitative estimate of drug-likeness (QED) is 0.191. The topological polar surface area (TPSA) is 30.7 Å². The first kappa shape index (κ1) is 33.4. The van der Waals surface area contributed by atoms with Crippen LogP contribution in [0.2, 0.25) is 0 Å². The van der Waals surface area contributed by atoms with Crippen molar-refractivity contribution in [2.24, 2.45) is 5.41 Å². The van der Waals surface area contributed by atoms with Gasteiger partial charge in [0.2, 0.25) is 0 Å². The predicted molar refractivity (Wildman–Crippen MR) is 197 cm³/mol. The van der Waals surface area contributed by atoms with Crippen molar-refractivity contribution in [3.8, 4) is 39.3 Å². The molecule has 0 saturated carbocycles. The Kier molecular flexibility index (Phi) is 8.70. The molecule has 1 heterocycles. The van der Waals surface area contributed by atoms with E-state index in [-0.39, 0.29) is 21.7 Å². The molecule has 5 aromatic rings. The molecule has 0 amide bonds. The number of aryl methyl sites for hydroxylation is 1. The summed E-state index contributed by atoms with van der Waals surface area (Å²) < 4.78 is 2.31. The van der Waals surface area contributed by atoms with Crippen LogP contribution in [0, 0.1) is 12.3 Å². The van der Waals surface area contributed by atoms with Crippen LogP contribution >= 0.6 is 0 Å². The molecular formula is C43H53N3. The lowest BCUT2D eigenvalue weighted by atomic mass is 9.75. The van der Waals surface area contributed by atoms with E-state index in [4.69, 9.17) is 10.2 Å². The largest absolute Gasteiger partial charge is 0.278 e. The van der Waals surface area contributed by atoms with Crippen molar-refractivity contribution in [1.82, 2.24) is 14.8 Å². The van der Waals surface area contributed by atoms with Crippen LogP contribution in [0.25, 0.3) is 39.3 Å². The Bertz CT molecular complexity index is 1810. The molecule has 0 aliphatic heterocycles. The second-order valence-corrected chi connectivity index (χ2v) is 17.0. The minimum absolute atomic E-state index is 0.121. The van der Waals surface area contributed by atoms with E-state index < -0.39 is 0 Å². The molecule has 1 aromatic heterocycles. The average molecular weight is 612 g/mol. The van der Waals surface area contributed by atoms with Gasteiger partial charge in [-0.3, -0.25) is 4.57 Å². The van der Waals surface area contributed by atoms with Crippen LogP contribution in [-0.4, -0.2) is 14.8 Å². The zero-order valence-corrected chi connectivity index (χ0v) is 30.2. The molecule has 0 bridgehead atoms. The Morgan fingerprint density at radius 2 is 1.00 bits per heavy atom. The van der Waals surface area contributed by atoms with Crippen molar-refractivity contribution in [1.29, 1.82) is 0 Å². The third-order valence-corrected chi connectivity index (χ3v) is 8.97. The molecule has 46 heavy (non-hydrogen) atoms. The number of hydrogen-bond donors (Lipinski definition) is 0.